The molecule has 7 heteroatoms. The van der Waals surface area contributed by atoms with Crippen LogP contribution in [0.15, 0.2) is 0 Å². The first-order valence-electron chi connectivity index (χ1n) is 11.4. The summed E-state index contributed by atoms with van der Waals surface area (Å²) in [5, 5.41) is 15.1. The third kappa shape index (κ3) is 9.51. The van der Waals surface area contributed by atoms with Crippen molar-refractivity contribution in [3.05, 3.63) is 0 Å². The van der Waals surface area contributed by atoms with E-state index in [1.807, 2.05) is 0 Å². The van der Waals surface area contributed by atoms with Gasteiger partial charge in [0.1, 0.15) is 0 Å². The van der Waals surface area contributed by atoms with Crippen LogP contribution in [0.25, 0.3) is 0 Å². The molecular weight excluding hydrogens is 384 g/mol. The summed E-state index contributed by atoms with van der Waals surface area (Å²) in [6, 6.07) is -0.360. The molecule has 0 spiro atoms. The van der Waals surface area contributed by atoms with E-state index in [0.717, 1.165) is 32.1 Å². The monoisotopic (exact) mass is 428 g/mol. The van der Waals surface area contributed by atoms with Crippen LogP contribution in [0.5, 0.6) is 0 Å². The van der Waals surface area contributed by atoms with Crippen molar-refractivity contribution in [3.8, 4) is 0 Å². The Bertz CT molecular complexity index is 513. The molecule has 0 bridgehead atoms. The molecule has 1 saturated carbocycles. The zero-order valence-electron chi connectivity index (χ0n) is 19.5. The van der Waals surface area contributed by atoms with Crippen LogP contribution >= 0.6 is 0 Å². The first-order chi connectivity index (χ1) is 13.5. The lowest BCUT2D eigenvalue weighted by Crippen LogP contribution is -2.53. The van der Waals surface area contributed by atoms with Crippen LogP contribution in [0.2, 0.25) is 18.1 Å². The van der Waals surface area contributed by atoms with Crippen molar-refractivity contribution in [2.24, 2.45) is 5.92 Å². The summed E-state index contributed by atoms with van der Waals surface area (Å²) in [5.41, 5.74) is 0. The van der Waals surface area contributed by atoms with Crippen LogP contribution in [0.1, 0.15) is 85.5 Å². The molecule has 0 radical (unpaired) electrons. The van der Waals surface area contributed by atoms with Crippen molar-refractivity contribution in [2.45, 2.75) is 116 Å². The lowest BCUT2D eigenvalue weighted by atomic mass is 9.83. The maximum Gasteiger partial charge on any atom is 0.404 e. The molecular formula is C22H44N2O4Si. The summed E-state index contributed by atoms with van der Waals surface area (Å²) in [6.45, 7) is 13.6. The van der Waals surface area contributed by atoms with Crippen molar-refractivity contribution in [1.29, 1.82) is 0 Å². The van der Waals surface area contributed by atoms with E-state index < -0.39 is 20.5 Å². The molecule has 0 heterocycles. The topological polar surface area (TPSA) is 87.7 Å². The Hall–Kier alpha value is -1.08. The van der Waals surface area contributed by atoms with Gasteiger partial charge in [-0.1, -0.05) is 66.2 Å². The van der Waals surface area contributed by atoms with Gasteiger partial charge >= 0.3 is 6.09 Å². The van der Waals surface area contributed by atoms with Crippen LogP contribution in [0.4, 0.5) is 4.79 Å². The highest BCUT2D eigenvalue weighted by Gasteiger charge is 2.42. The average Bonchev–Trinajstić information content (AvgIpc) is 2.60. The molecule has 1 aliphatic rings. The number of nitrogens with one attached hydrogen (secondary N) is 2. The number of carboxylic acid groups (broad SMARTS) is 1. The van der Waals surface area contributed by atoms with Crippen LogP contribution in [-0.2, 0) is 9.22 Å². The van der Waals surface area contributed by atoms with Gasteiger partial charge in [0.15, 0.2) is 8.32 Å². The fraction of sp³-hybridized carbons (Fsp3) is 0.909. The number of hydrogen-bond acceptors (Lipinski definition) is 3. The van der Waals surface area contributed by atoms with Crippen LogP contribution in [0.3, 0.4) is 0 Å². The molecule has 6 nitrogen and oxygen atoms in total. The van der Waals surface area contributed by atoms with Gasteiger partial charge in [-0.15, -0.1) is 0 Å². The molecule has 2 atom stereocenters. The quantitative estimate of drug-likeness (QED) is 0.308. The van der Waals surface area contributed by atoms with Crippen molar-refractivity contribution >= 4 is 20.3 Å². The SMILES string of the molecule is CCCCNC(=O)C[C@@H](O[Si](C)(C)C(C)(C)C)[C@H](CC1CCCCC1)NC(=O)O. The van der Waals surface area contributed by atoms with Crippen molar-refractivity contribution in [3.63, 3.8) is 0 Å². The molecule has 1 fully saturated rings. The molecule has 2 amide bonds. The summed E-state index contributed by atoms with van der Waals surface area (Å²) in [6.07, 6.45) is 7.37. The van der Waals surface area contributed by atoms with E-state index in [1.54, 1.807) is 0 Å². The number of rotatable bonds is 11. The summed E-state index contributed by atoms with van der Waals surface area (Å²) in [7, 11) is -2.17. The van der Waals surface area contributed by atoms with E-state index in [1.165, 1.54) is 19.3 Å². The Morgan fingerprint density at radius 2 is 1.79 bits per heavy atom. The molecule has 1 aliphatic carbocycles. The minimum absolute atomic E-state index is 0.0114. The van der Waals surface area contributed by atoms with Gasteiger partial charge < -0.3 is 20.2 Å². The van der Waals surface area contributed by atoms with Gasteiger partial charge in [0.05, 0.1) is 18.6 Å². The Morgan fingerprint density at radius 1 is 1.17 bits per heavy atom. The van der Waals surface area contributed by atoms with E-state index in [4.69, 9.17) is 4.43 Å². The van der Waals surface area contributed by atoms with Crippen LogP contribution in [0, 0.1) is 5.92 Å². The standard InChI is InChI=1S/C22H44N2O4Si/c1-7-8-14-23-20(25)16-19(28-29(5,6)22(2,3)4)18(24-21(26)27)15-17-12-10-9-11-13-17/h17-19,24H,7-16H2,1-6H3,(H,23,25)(H,26,27)/t18-,19+/m0/s1. The van der Waals surface area contributed by atoms with E-state index in [9.17, 15) is 14.7 Å². The summed E-state index contributed by atoms with van der Waals surface area (Å²) in [4.78, 5) is 24.2. The molecule has 0 unspecified atom stereocenters. The van der Waals surface area contributed by atoms with E-state index in [0.29, 0.717) is 12.5 Å². The Kier molecular flexibility index (Phi) is 10.7. The summed E-state index contributed by atoms with van der Waals surface area (Å²) in [5.74, 6) is 0.442. The maximum atomic E-state index is 12.6. The highest BCUT2D eigenvalue weighted by Crippen LogP contribution is 2.39. The zero-order valence-corrected chi connectivity index (χ0v) is 20.5. The maximum absolute atomic E-state index is 12.6. The highest BCUT2D eigenvalue weighted by atomic mass is 28.4. The second kappa shape index (κ2) is 11.9. The average molecular weight is 429 g/mol. The first-order valence-corrected chi connectivity index (χ1v) is 14.3. The predicted octanol–water partition coefficient (Wildman–Crippen LogP) is 5.29. The molecule has 0 aromatic carbocycles. The predicted molar refractivity (Wildman–Crippen MR) is 121 cm³/mol. The van der Waals surface area contributed by atoms with E-state index in [-0.39, 0.29) is 23.4 Å². The second-order valence-electron chi connectivity index (χ2n) is 10.1. The number of carbonyl (C=O) groups excluding carboxylic acids is 1. The zero-order chi connectivity index (χ0) is 22.1. The third-order valence-corrected chi connectivity index (χ3v) is 11.1. The Labute approximate surface area is 178 Å². The smallest absolute Gasteiger partial charge is 0.404 e. The fourth-order valence-corrected chi connectivity index (χ4v) is 5.08. The highest BCUT2D eigenvalue weighted by molar-refractivity contribution is 6.74. The third-order valence-electron chi connectivity index (χ3n) is 6.56. The molecule has 0 aliphatic heterocycles. The largest absolute Gasteiger partial charge is 0.465 e. The van der Waals surface area contributed by atoms with Gasteiger partial charge in [0.2, 0.25) is 5.91 Å². The minimum atomic E-state index is -2.17. The van der Waals surface area contributed by atoms with Gasteiger partial charge in [0, 0.05) is 6.54 Å². The van der Waals surface area contributed by atoms with Crippen molar-refractivity contribution in [1.82, 2.24) is 10.6 Å². The lowest BCUT2D eigenvalue weighted by molar-refractivity contribution is -0.123. The number of carbonyl (C=O) groups is 2. The molecule has 1 rings (SSSR count). The van der Waals surface area contributed by atoms with Crippen molar-refractivity contribution in [2.75, 3.05) is 6.54 Å². The normalized spacial score (nSPS) is 18.1. The lowest BCUT2D eigenvalue weighted by Gasteiger charge is -2.42. The molecule has 0 saturated heterocycles. The van der Waals surface area contributed by atoms with Gasteiger partial charge in [-0.25, -0.2) is 4.79 Å². The number of hydrogen-bond donors (Lipinski definition) is 3. The molecule has 0 aromatic heterocycles. The fourth-order valence-electron chi connectivity index (χ4n) is 3.72. The Balaban J connectivity index is 2.99. The molecule has 3 N–H and O–H groups in total. The van der Waals surface area contributed by atoms with E-state index in [2.05, 4.69) is 51.4 Å². The van der Waals surface area contributed by atoms with Crippen LogP contribution < -0.4 is 10.6 Å². The summed E-state index contributed by atoms with van der Waals surface area (Å²) < 4.78 is 6.64. The van der Waals surface area contributed by atoms with Crippen molar-refractivity contribution < 1.29 is 19.1 Å². The minimum Gasteiger partial charge on any atom is -0.465 e. The van der Waals surface area contributed by atoms with Gasteiger partial charge in [-0.3, -0.25) is 4.79 Å². The van der Waals surface area contributed by atoms with Crippen LogP contribution in [-0.4, -0.2) is 44.1 Å². The van der Waals surface area contributed by atoms with Gasteiger partial charge in [0.25, 0.3) is 0 Å². The molecule has 29 heavy (non-hydrogen) atoms. The van der Waals surface area contributed by atoms with E-state index >= 15 is 0 Å². The van der Waals surface area contributed by atoms with Gasteiger partial charge in [-0.05, 0) is 36.9 Å². The first kappa shape index (κ1) is 26.0. The number of amides is 2. The second-order valence-corrected chi connectivity index (χ2v) is 14.9. The molecule has 0 aromatic rings. The molecule has 170 valence electrons. The van der Waals surface area contributed by atoms with Gasteiger partial charge in [-0.2, -0.15) is 0 Å². The summed E-state index contributed by atoms with van der Waals surface area (Å²) >= 11 is 0. The Morgan fingerprint density at radius 3 is 2.31 bits per heavy atom. The number of unbranched alkanes of at least 4 members (excludes halogenated alkanes) is 1.